The van der Waals surface area contributed by atoms with Gasteiger partial charge in [-0.3, -0.25) is 10.1 Å². The third-order valence-corrected chi connectivity index (χ3v) is 2.36. The first-order valence-electron chi connectivity index (χ1n) is 4.71. The van der Waals surface area contributed by atoms with Crippen molar-refractivity contribution in [2.45, 2.75) is 37.6 Å². The van der Waals surface area contributed by atoms with Crippen LogP contribution in [0.25, 0.3) is 0 Å². The van der Waals surface area contributed by atoms with E-state index in [9.17, 15) is 15.0 Å². The van der Waals surface area contributed by atoms with E-state index in [4.69, 9.17) is 15.1 Å². The highest BCUT2D eigenvalue weighted by atomic mass is 17.1. The van der Waals surface area contributed by atoms with E-state index < -0.39 is 43.2 Å². The number of aliphatic hydroxyl groups excluding tert-OH is 3. The Labute approximate surface area is 91.3 Å². The first kappa shape index (κ1) is 13.3. The van der Waals surface area contributed by atoms with E-state index in [1.165, 1.54) is 6.92 Å². The highest BCUT2D eigenvalue weighted by molar-refractivity contribution is 5.73. The van der Waals surface area contributed by atoms with Crippen LogP contribution in [0.15, 0.2) is 0 Å². The lowest BCUT2D eigenvalue weighted by atomic mass is 9.97. The lowest BCUT2D eigenvalue weighted by Crippen LogP contribution is -2.64. The molecule has 0 aromatic rings. The minimum Gasteiger partial charge on any atom is -0.394 e. The smallest absolute Gasteiger partial charge is 0.217 e. The molecule has 0 unspecified atom stereocenters. The quantitative estimate of drug-likeness (QED) is 0.269. The molecule has 0 bridgehead atoms. The van der Waals surface area contributed by atoms with Crippen molar-refractivity contribution in [3.8, 4) is 0 Å². The molecule has 1 heterocycles. The topological polar surface area (TPSA) is 128 Å². The van der Waals surface area contributed by atoms with Crippen LogP contribution in [-0.4, -0.2) is 63.7 Å². The molecular formula is C8H15NO7. The number of hydrogen-bond donors (Lipinski definition) is 5. The van der Waals surface area contributed by atoms with Gasteiger partial charge in [0.05, 0.1) is 6.61 Å². The van der Waals surface area contributed by atoms with E-state index in [1.54, 1.807) is 0 Å². The summed E-state index contributed by atoms with van der Waals surface area (Å²) in [5, 5.41) is 38.8. The molecule has 0 saturated carbocycles. The molecule has 5 atom stereocenters. The standard InChI is InChI=1S/C8H15NO7/c1-3(11)9-5-6(12)7(16-14)4(2-10)15-8(5)13/h4-8,10,12-14H,2H2,1H3,(H,9,11)/t4-,5-,6-,7+,8+/m1/s1. The van der Waals surface area contributed by atoms with Crippen molar-refractivity contribution in [2.24, 2.45) is 0 Å². The number of nitrogens with one attached hydrogen (secondary N) is 1. The van der Waals surface area contributed by atoms with E-state index in [-0.39, 0.29) is 0 Å². The van der Waals surface area contributed by atoms with Gasteiger partial charge in [0, 0.05) is 6.92 Å². The fraction of sp³-hybridized carbons (Fsp3) is 0.875. The summed E-state index contributed by atoms with van der Waals surface area (Å²) in [6.45, 7) is 0.651. The average Bonchev–Trinajstić information content (AvgIpc) is 2.23. The summed E-state index contributed by atoms with van der Waals surface area (Å²) in [6, 6.07) is -1.13. The van der Waals surface area contributed by atoms with Crippen molar-refractivity contribution in [2.75, 3.05) is 6.61 Å². The van der Waals surface area contributed by atoms with Crippen LogP contribution in [0.3, 0.4) is 0 Å². The van der Waals surface area contributed by atoms with Gasteiger partial charge in [0.2, 0.25) is 5.91 Å². The molecule has 16 heavy (non-hydrogen) atoms. The lowest BCUT2D eigenvalue weighted by molar-refractivity contribution is -0.357. The maximum absolute atomic E-state index is 10.8. The predicted octanol–water partition coefficient (Wildman–Crippen LogP) is -2.58. The van der Waals surface area contributed by atoms with Gasteiger partial charge in [-0.15, -0.1) is 0 Å². The molecule has 1 fully saturated rings. The number of aliphatic hydroxyl groups is 3. The number of ether oxygens (including phenoxy) is 1. The van der Waals surface area contributed by atoms with Crippen molar-refractivity contribution < 1.29 is 35.0 Å². The normalized spacial score (nSPS) is 39.4. The molecular weight excluding hydrogens is 222 g/mol. The van der Waals surface area contributed by atoms with Gasteiger partial charge in [-0.25, -0.2) is 4.89 Å². The Morgan fingerprint density at radius 2 is 2.12 bits per heavy atom. The molecule has 8 heteroatoms. The summed E-state index contributed by atoms with van der Waals surface area (Å²) in [6.07, 6.45) is -5.19. The van der Waals surface area contributed by atoms with Crippen LogP contribution in [0.5, 0.6) is 0 Å². The third kappa shape index (κ3) is 2.67. The zero-order valence-corrected chi connectivity index (χ0v) is 8.61. The summed E-state index contributed by atoms with van der Waals surface area (Å²) in [5.41, 5.74) is 0. The van der Waals surface area contributed by atoms with Crippen LogP contribution in [0.1, 0.15) is 6.92 Å². The first-order chi connectivity index (χ1) is 7.51. The molecule has 0 aromatic heterocycles. The molecule has 0 radical (unpaired) electrons. The summed E-state index contributed by atoms with van der Waals surface area (Å²) in [4.78, 5) is 14.8. The van der Waals surface area contributed by atoms with Crippen molar-refractivity contribution in [3.05, 3.63) is 0 Å². The van der Waals surface area contributed by atoms with Crippen molar-refractivity contribution >= 4 is 5.91 Å². The monoisotopic (exact) mass is 237 g/mol. The van der Waals surface area contributed by atoms with E-state index in [0.29, 0.717) is 0 Å². The lowest BCUT2D eigenvalue weighted by Gasteiger charge is -2.40. The Kier molecular flexibility index (Phi) is 4.59. The zero-order chi connectivity index (χ0) is 12.3. The maximum atomic E-state index is 10.8. The fourth-order valence-electron chi connectivity index (χ4n) is 1.60. The molecule has 1 saturated heterocycles. The number of carbonyl (C=O) groups is 1. The first-order valence-corrected chi connectivity index (χ1v) is 4.71. The number of carbonyl (C=O) groups excluding carboxylic acids is 1. The zero-order valence-electron chi connectivity index (χ0n) is 8.61. The van der Waals surface area contributed by atoms with Gasteiger partial charge in [0.25, 0.3) is 0 Å². The highest BCUT2D eigenvalue weighted by Gasteiger charge is 2.46. The van der Waals surface area contributed by atoms with Crippen LogP contribution in [-0.2, 0) is 14.4 Å². The molecule has 1 aliphatic heterocycles. The van der Waals surface area contributed by atoms with Gasteiger partial charge in [-0.2, -0.15) is 0 Å². The van der Waals surface area contributed by atoms with Gasteiger partial charge in [0.1, 0.15) is 24.4 Å². The van der Waals surface area contributed by atoms with Crippen LogP contribution in [0.4, 0.5) is 0 Å². The van der Waals surface area contributed by atoms with Gasteiger partial charge >= 0.3 is 0 Å². The van der Waals surface area contributed by atoms with E-state index in [2.05, 4.69) is 10.2 Å². The van der Waals surface area contributed by atoms with Gasteiger partial charge < -0.3 is 25.4 Å². The van der Waals surface area contributed by atoms with Crippen molar-refractivity contribution in [1.82, 2.24) is 5.32 Å². The Morgan fingerprint density at radius 1 is 1.50 bits per heavy atom. The van der Waals surface area contributed by atoms with E-state index in [1.807, 2.05) is 0 Å². The van der Waals surface area contributed by atoms with Crippen molar-refractivity contribution in [3.63, 3.8) is 0 Å². The van der Waals surface area contributed by atoms with Crippen LogP contribution < -0.4 is 5.32 Å². The van der Waals surface area contributed by atoms with Crippen LogP contribution >= 0.6 is 0 Å². The molecule has 8 nitrogen and oxygen atoms in total. The molecule has 1 rings (SSSR count). The summed E-state index contributed by atoms with van der Waals surface area (Å²) in [5.74, 6) is -0.481. The third-order valence-electron chi connectivity index (χ3n) is 2.36. The predicted molar refractivity (Wildman–Crippen MR) is 49.1 cm³/mol. The summed E-state index contributed by atoms with van der Waals surface area (Å²) >= 11 is 0. The number of hydrogen-bond acceptors (Lipinski definition) is 7. The molecule has 0 spiro atoms. The fourth-order valence-corrected chi connectivity index (χ4v) is 1.60. The summed E-state index contributed by atoms with van der Waals surface area (Å²) < 4.78 is 4.87. The van der Waals surface area contributed by atoms with Gasteiger partial charge in [-0.1, -0.05) is 0 Å². The number of rotatable bonds is 3. The second-order valence-electron chi connectivity index (χ2n) is 3.53. The molecule has 1 amide bonds. The Morgan fingerprint density at radius 3 is 2.56 bits per heavy atom. The average molecular weight is 237 g/mol. The number of amides is 1. The largest absolute Gasteiger partial charge is 0.394 e. The SMILES string of the molecule is CC(=O)N[C@@H]1[C@@H](O)[C@@H](OO)[C@@H](CO)O[C@@H]1O. The van der Waals surface area contributed by atoms with Crippen LogP contribution in [0, 0.1) is 0 Å². The second kappa shape index (κ2) is 5.53. The van der Waals surface area contributed by atoms with Gasteiger partial charge in [0.15, 0.2) is 6.29 Å². The molecule has 94 valence electrons. The summed E-state index contributed by atoms with van der Waals surface area (Å²) in [7, 11) is 0. The highest BCUT2D eigenvalue weighted by Crippen LogP contribution is 2.21. The maximum Gasteiger partial charge on any atom is 0.217 e. The van der Waals surface area contributed by atoms with E-state index >= 15 is 0 Å². The Balaban J connectivity index is 2.76. The second-order valence-corrected chi connectivity index (χ2v) is 3.53. The molecule has 5 N–H and O–H groups in total. The Bertz CT molecular complexity index is 249. The molecule has 1 aliphatic rings. The minimum atomic E-state index is -1.48. The minimum absolute atomic E-state index is 0.481. The molecule has 0 aromatic carbocycles. The molecule has 0 aliphatic carbocycles. The van der Waals surface area contributed by atoms with Crippen LogP contribution in [0.2, 0.25) is 0 Å². The Hall–Kier alpha value is -0.770. The van der Waals surface area contributed by atoms with Gasteiger partial charge in [-0.05, 0) is 0 Å². The van der Waals surface area contributed by atoms with E-state index in [0.717, 1.165) is 0 Å². The van der Waals surface area contributed by atoms with Crippen molar-refractivity contribution in [1.29, 1.82) is 0 Å².